The van der Waals surface area contributed by atoms with Crippen molar-refractivity contribution in [3.63, 3.8) is 0 Å². The second-order valence-electron chi connectivity index (χ2n) is 8.72. The molecule has 5 aromatic rings. The number of fused-ring (bicyclic) bond motifs is 1. The fraction of sp³-hybridized carbons (Fsp3) is 0.0645. The summed E-state index contributed by atoms with van der Waals surface area (Å²) in [6.07, 6.45) is 0.390. The third-order valence-corrected chi connectivity index (χ3v) is 6.44. The molecule has 1 N–H and O–H groups in total. The number of benzene rings is 4. The molecule has 0 atom stereocenters. The van der Waals surface area contributed by atoms with Gasteiger partial charge in [0.05, 0.1) is 5.69 Å². The van der Waals surface area contributed by atoms with Crippen molar-refractivity contribution in [2.75, 3.05) is 6.79 Å². The van der Waals surface area contributed by atoms with Crippen molar-refractivity contribution in [2.45, 2.75) is 6.42 Å². The van der Waals surface area contributed by atoms with Gasteiger partial charge in [-0.2, -0.15) is 0 Å². The minimum Gasteiger partial charge on any atom is -0.454 e. The molecule has 0 bridgehead atoms. The van der Waals surface area contributed by atoms with E-state index in [1.54, 1.807) is 0 Å². The van der Waals surface area contributed by atoms with E-state index in [0.717, 1.165) is 38.1 Å². The van der Waals surface area contributed by atoms with Crippen LogP contribution in [0.25, 0.3) is 33.5 Å². The fourth-order valence-electron chi connectivity index (χ4n) is 4.61. The zero-order valence-electron chi connectivity index (χ0n) is 19.4. The Morgan fingerprint density at radius 1 is 0.667 bits per heavy atom. The Kier molecular flexibility index (Phi) is 5.51. The van der Waals surface area contributed by atoms with Gasteiger partial charge in [0.1, 0.15) is 0 Å². The topological polar surface area (TPSA) is 60.7 Å². The van der Waals surface area contributed by atoms with E-state index in [4.69, 9.17) is 9.47 Å². The van der Waals surface area contributed by atoms with Crippen LogP contribution in [-0.2, 0) is 6.42 Å². The monoisotopic (exact) mass is 473 g/mol. The van der Waals surface area contributed by atoms with Crippen molar-refractivity contribution < 1.29 is 14.7 Å². The van der Waals surface area contributed by atoms with E-state index in [1.165, 1.54) is 0 Å². The first-order chi connectivity index (χ1) is 17.7. The molecule has 1 aliphatic heterocycles. The Morgan fingerprint density at radius 3 is 2.00 bits per heavy atom. The fourth-order valence-corrected chi connectivity index (χ4v) is 4.61. The minimum absolute atomic E-state index is 0.175. The SMILES string of the molecule is O=c1c(Cc2ccc(-c3ccccc3)cc2)cc(-c2ccc3c(c2)OCO3)c(-c2ccccc2)n1O. The van der Waals surface area contributed by atoms with Crippen molar-refractivity contribution in [3.8, 4) is 45.0 Å². The van der Waals surface area contributed by atoms with Gasteiger partial charge in [-0.3, -0.25) is 4.79 Å². The summed E-state index contributed by atoms with van der Waals surface area (Å²) in [5.41, 5.74) is 6.02. The standard InChI is InChI=1S/C31H23NO4/c33-31-26(17-21-11-13-23(14-12-21)22-7-3-1-4-8-22)18-27(25-15-16-28-29(19-25)36-20-35-28)30(32(31)34)24-9-5-2-6-10-24/h1-16,18-19,34H,17,20H2. The van der Waals surface area contributed by atoms with Crippen LogP contribution in [0, 0.1) is 0 Å². The average molecular weight is 474 g/mol. The summed E-state index contributed by atoms with van der Waals surface area (Å²) in [7, 11) is 0. The third-order valence-electron chi connectivity index (χ3n) is 6.44. The van der Waals surface area contributed by atoms with E-state index in [1.807, 2.05) is 84.9 Å². The predicted octanol–water partition coefficient (Wildman–Crippen LogP) is 6.41. The first kappa shape index (κ1) is 21.7. The number of hydrogen-bond acceptors (Lipinski definition) is 4. The molecular weight excluding hydrogens is 450 g/mol. The number of aromatic nitrogens is 1. The van der Waals surface area contributed by atoms with Gasteiger partial charge in [-0.15, -0.1) is 4.73 Å². The maximum atomic E-state index is 13.3. The Labute approximate surface area is 208 Å². The molecule has 0 saturated carbocycles. The molecule has 176 valence electrons. The van der Waals surface area contributed by atoms with Crippen LogP contribution in [0.2, 0.25) is 0 Å². The smallest absolute Gasteiger partial charge is 0.286 e. The summed E-state index contributed by atoms with van der Waals surface area (Å²) >= 11 is 0. The van der Waals surface area contributed by atoms with Gasteiger partial charge >= 0.3 is 0 Å². The van der Waals surface area contributed by atoms with E-state index in [9.17, 15) is 10.0 Å². The first-order valence-corrected chi connectivity index (χ1v) is 11.8. The summed E-state index contributed by atoms with van der Waals surface area (Å²) in [5, 5.41) is 11.1. The van der Waals surface area contributed by atoms with Crippen LogP contribution in [0.5, 0.6) is 11.5 Å². The lowest BCUT2D eigenvalue weighted by Gasteiger charge is -2.16. The van der Waals surface area contributed by atoms with Crippen molar-refractivity contribution in [3.05, 3.63) is 131 Å². The van der Waals surface area contributed by atoms with E-state index in [2.05, 4.69) is 24.3 Å². The molecule has 5 heteroatoms. The lowest BCUT2D eigenvalue weighted by molar-refractivity contribution is 0.174. The normalized spacial score (nSPS) is 12.0. The van der Waals surface area contributed by atoms with Gasteiger partial charge in [0.15, 0.2) is 11.5 Å². The number of nitrogens with zero attached hydrogens (tertiary/aromatic N) is 1. The highest BCUT2D eigenvalue weighted by Crippen LogP contribution is 2.39. The second kappa shape index (κ2) is 9.12. The van der Waals surface area contributed by atoms with Gasteiger partial charge in [-0.1, -0.05) is 91.0 Å². The minimum atomic E-state index is -0.439. The van der Waals surface area contributed by atoms with E-state index < -0.39 is 5.56 Å². The molecule has 0 radical (unpaired) electrons. The lowest BCUT2D eigenvalue weighted by Crippen LogP contribution is -2.24. The van der Waals surface area contributed by atoms with Gasteiger partial charge in [0, 0.05) is 23.1 Å². The Hall–Kier alpha value is -4.77. The molecule has 0 spiro atoms. The summed E-state index contributed by atoms with van der Waals surface area (Å²) in [6, 6.07) is 35.2. The van der Waals surface area contributed by atoms with Crippen molar-refractivity contribution in [1.29, 1.82) is 0 Å². The van der Waals surface area contributed by atoms with Gasteiger partial charge < -0.3 is 14.7 Å². The maximum absolute atomic E-state index is 13.3. The predicted molar refractivity (Wildman–Crippen MR) is 140 cm³/mol. The van der Waals surface area contributed by atoms with Gasteiger partial charge in [0.25, 0.3) is 5.56 Å². The number of hydrogen-bond donors (Lipinski definition) is 1. The molecule has 36 heavy (non-hydrogen) atoms. The molecule has 1 aromatic heterocycles. The zero-order chi connectivity index (χ0) is 24.5. The molecule has 1 aliphatic rings. The summed E-state index contributed by atoms with van der Waals surface area (Å²) in [5.74, 6) is 1.32. The van der Waals surface area contributed by atoms with E-state index >= 15 is 0 Å². The zero-order valence-corrected chi connectivity index (χ0v) is 19.4. The van der Waals surface area contributed by atoms with Crippen LogP contribution >= 0.6 is 0 Å². The molecule has 6 rings (SSSR count). The van der Waals surface area contributed by atoms with Crippen molar-refractivity contribution >= 4 is 0 Å². The summed E-state index contributed by atoms with van der Waals surface area (Å²) < 4.78 is 11.8. The van der Waals surface area contributed by atoms with Gasteiger partial charge in [-0.25, -0.2) is 0 Å². The van der Waals surface area contributed by atoms with E-state index in [-0.39, 0.29) is 6.79 Å². The second-order valence-corrected chi connectivity index (χ2v) is 8.72. The highest BCUT2D eigenvalue weighted by molar-refractivity contribution is 5.82. The quantitative estimate of drug-likeness (QED) is 0.300. The molecular formula is C31H23NO4. The largest absolute Gasteiger partial charge is 0.454 e. The van der Waals surface area contributed by atoms with Crippen LogP contribution in [-0.4, -0.2) is 16.7 Å². The molecule has 0 unspecified atom stereocenters. The molecule has 0 fully saturated rings. The van der Waals surface area contributed by atoms with Gasteiger partial charge in [-0.05, 0) is 40.5 Å². The van der Waals surface area contributed by atoms with Crippen LogP contribution in [0.15, 0.2) is 114 Å². The van der Waals surface area contributed by atoms with Gasteiger partial charge in [0.2, 0.25) is 6.79 Å². The number of rotatable bonds is 5. The van der Waals surface area contributed by atoms with Crippen molar-refractivity contribution in [2.24, 2.45) is 0 Å². The Morgan fingerprint density at radius 2 is 1.28 bits per heavy atom. The molecule has 0 amide bonds. The summed E-state index contributed by atoms with van der Waals surface area (Å²) in [6.45, 7) is 0.175. The highest BCUT2D eigenvalue weighted by Gasteiger charge is 2.20. The first-order valence-electron chi connectivity index (χ1n) is 11.8. The number of ether oxygens (including phenoxy) is 2. The third kappa shape index (κ3) is 4.01. The molecule has 5 nitrogen and oxygen atoms in total. The molecule has 0 saturated heterocycles. The summed E-state index contributed by atoms with van der Waals surface area (Å²) in [4.78, 5) is 13.3. The van der Waals surface area contributed by atoms with Crippen LogP contribution in [0.1, 0.15) is 11.1 Å². The molecule has 4 aromatic carbocycles. The lowest BCUT2D eigenvalue weighted by atomic mass is 9.95. The van der Waals surface area contributed by atoms with Crippen LogP contribution in [0.3, 0.4) is 0 Å². The Balaban J connectivity index is 1.44. The molecule has 2 heterocycles. The van der Waals surface area contributed by atoms with Crippen molar-refractivity contribution in [1.82, 2.24) is 4.73 Å². The Bertz CT molecular complexity index is 1590. The van der Waals surface area contributed by atoms with Crippen LogP contribution < -0.4 is 15.0 Å². The number of pyridine rings is 1. The molecule has 0 aliphatic carbocycles. The van der Waals surface area contributed by atoms with Crippen LogP contribution in [0.4, 0.5) is 0 Å². The van der Waals surface area contributed by atoms with E-state index in [0.29, 0.717) is 29.2 Å². The highest BCUT2D eigenvalue weighted by atomic mass is 16.7. The average Bonchev–Trinajstić information content (AvgIpc) is 3.41. The maximum Gasteiger partial charge on any atom is 0.286 e.